The van der Waals surface area contributed by atoms with Crippen molar-refractivity contribution < 1.29 is 18.7 Å². The van der Waals surface area contributed by atoms with Gasteiger partial charge in [-0.1, -0.05) is 18.2 Å². The van der Waals surface area contributed by atoms with Gasteiger partial charge >= 0.3 is 6.03 Å². The maximum absolute atomic E-state index is 13.1. The highest BCUT2D eigenvalue weighted by molar-refractivity contribution is 5.74. The first-order chi connectivity index (χ1) is 14.0. The lowest BCUT2D eigenvalue weighted by molar-refractivity contribution is 0.143. The number of urea groups is 1. The van der Waals surface area contributed by atoms with E-state index in [9.17, 15) is 9.18 Å². The Labute approximate surface area is 171 Å². The molecular formula is C21H29FN4O3. The van der Waals surface area contributed by atoms with Crippen LogP contribution in [0.15, 0.2) is 42.6 Å². The zero-order valence-corrected chi connectivity index (χ0v) is 17.2. The molecule has 0 bridgehead atoms. The molecule has 1 N–H and O–H groups in total. The minimum absolute atomic E-state index is 0.184. The Morgan fingerprint density at radius 1 is 1.07 bits per heavy atom. The lowest BCUT2D eigenvalue weighted by atomic mass is 10.2. The monoisotopic (exact) mass is 404 g/mol. The van der Waals surface area contributed by atoms with E-state index >= 15 is 0 Å². The molecule has 1 aromatic heterocycles. The van der Waals surface area contributed by atoms with E-state index in [0.29, 0.717) is 38.7 Å². The van der Waals surface area contributed by atoms with Gasteiger partial charge in [0.05, 0.1) is 6.61 Å². The number of ether oxygens (including phenoxy) is 2. The number of hydrogen-bond acceptors (Lipinski definition) is 5. The largest absolute Gasteiger partial charge is 0.475 e. The van der Waals surface area contributed by atoms with Crippen LogP contribution in [0.1, 0.15) is 11.1 Å². The second-order valence-corrected chi connectivity index (χ2v) is 6.86. The summed E-state index contributed by atoms with van der Waals surface area (Å²) in [7, 11) is 5.52. The molecule has 0 saturated heterocycles. The number of aromatic nitrogens is 1. The average Bonchev–Trinajstić information content (AvgIpc) is 2.71. The third-order valence-corrected chi connectivity index (χ3v) is 4.17. The van der Waals surface area contributed by atoms with E-state index in [1.54, 1.807) is 36.4 Å². The Bertz CT molecular complexity index is 739. The van der Waals surface area contributed by atoms with E-state index < -0.39 is 0 Å². The topological polar surface area (TPSA) is 66.9 Å². The molecule has 7 nitrogen and oxygen atoms in total. The highest BCUT2D eigenvalue weighted by atomic mass is 19.1. The third kappa shape index (κ3) is 8.45. The van der Waals surface area contributed by atoms with Crippen molar-refractivity contribution in [3.05, 3.63) is 59.5 Å². The van der Waals surface area contributed by atoms with Crippen LogP contribution in [0, 0.1) is 5.82 Å². The second-order valence-electron chi connectivity index (χ2n) is 6.86. The number of rotatable bonds is 11. The van der Waals surface area contributed by atoms with E-state index in [4.69, 9.17) is 9.47 Å². The van der Waals surface area contributed by atoms with Gasteiger partial charge in [-0.05, 0) is 37.4 Å². The summed E-state index contributed by atoms with van der Waals surface area (Å²) in [6, 6.07) is 9.63. The van der Waals surface area contributed by atoms with Gasteiger partial charge in [0.2, 0.25) is 5.88 Å². The average molecular weight is 404 g/mol. The molecule has 0 aliphatic carbocycles. The summed E-state index contributed by atoms with van der Waals surface area (Å²) < 4.78 is 23.5. The number of nitrogens with one attached hydrogen (secondary N) is 1. The van der Waals surface area contributed by atoms with Crippen LogP contribution in [0.4, 0.5) is 9.18 Å². The highest BCUT2D eigenvalue weighted by Gasteiger charge is 2.14. The van der Waals surface area contributed by atoms with Crippen LogP contribution >= 0.6 is 0 Å². The molecule has 2 aromatic rings. The summed E-state index contributed by atoms with van der Waals surface area (Å²) in [4.78, 5) is 20.7. The SMILES string of the molecule is COCCOc1ccc(CNC(=O)N(CCN(C)C)Cc2ccc(F)cc2)cn1. The Kier molecular flexibility index (Phi) is 9.33. The van der Waals surface area contributed by atoms with Crippen LogP contribution in [-0.4, -0.2) is 68.3 Å². The fourth-order valence-corrected chi connectivity index (χ4v) is 2.50. The van der Waals surface area contributed by atoms with Crippen molar-refractivity contribution >= 4 is 6.03 Å². The maximum Gasteiger partial charge on any atom is 0.318 e. The van der Waals surface area contributed by atoms with Crippen molar-refractivity contribution in [1.82, 2.24) is 20.1 Å². The fourth-order valence-electron chi connectivity index (χ4n) is 2.50. The van der Waals surface area contributed by atoms with E-state index in [-0.39, 0.29) is 11.8 Å². The van der Waals surface area contributed by atoms with Crippen LogP contribution in [0.25, 0.3) is 0 Å². The zero-order chi connectivity index (χ0) is 21.1. The first-order valence-corrected chi connectivity index (χ1v) is 9.46. The molecule has 158 valence electrons. The first-order valence-electron chi connectivity index (χ1n) is 9.46. The summed E-state index contributed by atoms with van der Waals surface area (Å²) in [5, 5.41) is 2.92. The number of nitrogens with zero attached hydrogens (tertiary/aromatic N) is 3. The second kappa shape index (κ2) is 12.0. The molecule has 0 aliphatic heterocycles. The van der Waals surface area contributed by atoms with Crippen molar-refractivity contribution in [3.63, 3.8) is 0 Å². The summed E-state index contributed by atoms with van der Waals surface area (Å²) in [5.41, 5.74) is 1.74. The molecule has 8 heteroatoms. The van der Waals surface area contributed by atoms with Crippen molar-refractivity contribution in [1.29, 1.82) is 0 Å². The molecule has 2 rings (SSSR count). The van der Waals surface area contributed by atoms with E-state index in [0.717, 1.165) is 17.7 Å². The molecule has 0 aliphatic rings. The summed E-state index contributed by atoms with van der Waals surface area (Å²) in [5.74, 6) is 0.223. The van der Waals surface area contributed by atoms with Crippen LogP contribution in [-0.2, 0) is 17.8 Å². The Morgan fingerprint density at radius 2 is 1.79 bits per heavy atom. The molecule has 1 heterocycles. The lowest BCUT2D eigenvalue weighted by Crippen LogP contribution is -2.42. The smallest absolute Gasteiger partial charge is 0.318 e. The molecule has 0 fully saturated rings. The van der Waals surface area contributed by atoms with Gasteiger partial charge in [-0.3, -0.25) is 0 Å². The zero-order valence-electron chi connectivity index (χ0n) is 17.2. The van der Waals surface area contributed by atoms with Gasteiger partial charge in [-0.25, -0.2) is 14.2 Å². The van der Waals surface area contributed by atoms with Gasteiger partial charge in [0.1, 0.15) is 12.4 Å². The van der Waals surface area contributed by atoms with Gasteiger partial charge < -0.3 is 24.6 Å². The Morgan fingerprint density at radius 3 is 2.41 bits per heavy atom. The van der Waals surface area contributed by atoms with Crippen LogP contribution in [0.2, 0.25) is 0 Å². The van der Waals surface area contributed by atoms with Gasteiger partial charge in [-0.15, -0.1) is 0 Å². The van der Waals surface area contributed by atoms with Crippen LogP contribution in [0.5, 0.6) is 5.88 Å². The van der Waals surface area contributed by atoms with Gasteiger partial charge in [0, 0.05) is 45.6 Å². The van der Waals surface area contributed by atoms with Gasteiger partial charge in [0.15, 0.2) is 0 Å². The molecule has 0 radical (unpaired) electrons. The number of carbonyl (C=O) groups is 1. The number of carbonyl (C=O) groups excluding carboxylic acids is 1. The number of likely N-dealkylation sites (N-methyl/N-ethyl adjacent to an activating group) is 1. The van der Waals surface area contributed by atoms with Gasteiger partial charge in [-0.2, -0.15) is 0 Å². The molecule has 2 amide bonds. The number of amides is 2. The van der Waals surface area contributed by atoms with Crippen LogP contribution in [0.3, 0.4) is 0 Å². The van der Waals surface area contributed by atoms with Crippen molar-refractivity contribution in [2.45, 2.75) is 13.1 Å². The predicted molar refractivity (Wildman–Crippen MR) is 109 cm³/mol. The van der Waals surface area contributed by atoms with Crippen LogP contribution < -0.4 is 10.1 Å². The molecule has 0 unspecified atom stereocenters. The number of pyridine rings is 1. The summed E-state index contributed by atoms with van der Waals surface area (Å²) >= 11 is 0. The van der Waals surface area contributed by atoms with E-state index in [1.165, 1.54) is 12.1 Å². The quantitative estimate of drug-likeness (QED) is 0.583. The molecular weight excluding hydrogens is 375 g/mol. The molecule has 1 aromatic carbocycles. The minimum atomic E-state index is -0.291. The fraction of sp³-hybridized carbons (Fsp3) is 0.429. The number of benzene rings is 1. The summed E-state index contributed by atoms with van der Waals surface area (Å²) in [6.45, 7) is 2.97. The van der Waals surface area contributed by atoms with Gasteiger partial charge in [0.25, 0.3) is 0 Å². The number of methoxy groups -OCH3 is 1. The summed E-state index contributed by atoms with van der Waals surface area (Å²) in [6.07, 6.45) is 1.67. The third-order valence-electron chi connectivity index (χ3n) is 4.17. The number of hydrogen-bond donors (Lipinski definition) is 1. The Hall–Kier alpha value is -2.71. The molecule has 0 atom stereocenters. The minimum Gasteiger partial charge on any atom is -0.475 e. The standard InChI is InChI=1S/C21H29FN4O3/c1-25(2)10-11-26(16-17-4-7-19(22)8-5-17)21(27)24-15-18-6-9-20(23-14-18)29-13-12-28-3/h4-9,14H,10-13,15-16H2,1-3H3,(H,24,27). The molecule has 0 spiro atoms. The van der Waals surface area contributed by atoms with E-state index in [2.05, 4.69) is 10.3 Å². The van der Waals surface area contributed by atoms with Crippen molar-refractivity contribution in [2.24, 2.45) is 0 Å². The Balaban J connectivity index is 1.91. The predicted octanol–water partition coefficient (Wildman–Crippen LogP) is 2.52. The molecule has 29 heavy (non-hydrogen) atoms. The van der Waals surface area contributed by atoms with Crippen molar-refractivity contribution in [2.75, 3.05) is 47.5 Å². The normalized spacial score (nSPS) is 10.8. The van der Waals surface area contributed by atoms with Crippen molar-refractivity contribution in [3.8, 4) is 5.88 Å². The number of halogens is 1. The maximum atomic E-state index is 13.1. The first kappa shape index (κ1) is 22.6. The molecule has 0 saturated carbocycles. The van der Waals surface area contributed by atoms with E-state index in [1.807, 2.05) is 25.1 Å². The highest BCUT2D eigenvalue weighted by Crippen LogP contribution is 2.09. The lowest BCUT2D eigenvalue weighted by Gasteiger charge is -2.25.